The molecule has 8 nitrogen and oxygen atoms in total. The zero-order chi connectivity index (χ0) is 23.7. The number of nitrogens with zero attached hydrogens (tertiary/aromatic N) is 3. The van der Waals surface area contributed by atoms with Crippen LogP contribution in [-0.4, -0.2) is 74.5 Å². The number of benzene rings is 2. The van der Waals surface area contributed by atoms with Gasteiger partial charge in [0.1, 0.15) is 17.3 Å². The largest absolute Gasteiger partial charge is 0.497 e. The van der Waals surface area contributed by atoms with Crippen LogP contribution in [-0.2, 0) is 4.79 Å². The standard InChI is InChI=1S/C23H23FN6O2S2/c1-32-15-3-4-16(17(24)11-15)21-22(28-23(33)27-21)30(12-20(31)29-6-8-34-9-7-29)14-2-5-18-19(10-14)26-13-25-18/h2-5,10-11,13,21H,6-9,12H2,1H3,(H2,25,26,27,33)/p+1. The van der Waals surface area contributed by atoms with Crippen LogP contribution in [0.15, 0.2) is 42.7 Å². The molecule has 11 heteroatoms. The molecule has 5 rings (SSSR count). The normalized spacial score (nSPS) is 19.6. The molecule has 3 heterocycles. The maximum atomic E-state index is 15.1. The number of H-pyrrole nitrogens is 1. The molecule has 2 fully saturated rings. The minimum Gasteiger partial charge on any atom is -0.497 e. The zero-order valence-electron chi connectivity index (χ0n) is 18.5. The zero-order valence-corrected chi connectivity index (χ0v) is 20.1. The Hall–Kier alpha value is -3.18. The third-order valence-corrected chi connectivity index (χ3v) is 7.13. The van der Waals surface area contributed by atoms with Gasteiger partial charge in [-0.1, -0.05) is 0 Å². The smallest absolute Gasteiger partial charge is 0.285 e. The highest BCUT2D eigenvalue weighted by atomic mass is 32.2. The number of aromatic amines is 1. The third-order valence-electron chi connectivity index (χ3n) is 5.97. The third kappa shape index (κ3) is 4.45. The van der Waals surface area contributed by atoms with E-state index >= 15 is 4.39 Å². The van der Waals surface area contributed by atoms with E-state index in [-0.39, 0.29) is 12.5 Å². The molecule has 2 aromatic carbocycles. The summed E-state index contributed by atoms with van der Waals surface area (Å²) in [5.41, 5.74) is 2.83. The van der Waals surface area contributed by atoms with Crippen molar-refractivity contribution in [2.24, 2.45) is 0 Å². The molecule has 0 saturated carbocycles. The van der Waals surface area contributed by atoms with Crippen LogP contribution in [0.2, 0.25) is 0 Å². The van der Waals surface area contributed by atoms with Crippen LogP contribution >= 0.6 is 24.0 Å². The van der Waals surface area contributed by atoms with E-state index in [1.807, 2.05) is 39.4 Å². The van der Waals surface area contributed by atoms with Gasteiger partial charge in [0.05, 0.1) is 24.5 Å². The maximum absolute atomic E-state index is 15.1. The minimum absolute atomic E-state index is 0.00563. The molecular formula is C23H24FN6O2S2+. The Balaban J connectivity index is 1.60. The lowest BCUT2D eigenvalue weighted by Gasteiger charge is -2.26. The van der Waals surface area contributed by atoms with E-state index in [1.165, 1.54) is 13.2 Å². The molecule has 2 aliphatic heterocycles. The van der Waals surface area contributed by atoms with Gasteiger partial charge in [0.25, 0.3) is 16.9 Å². The first kappa shape index (κ1) is 22.6. The summed E-state index contributed by atoms with van der Waals surface area (Å²) in [6, 6.07) is 9.84. The van der Waals surface area contributed by atoms with E-state index in [4.69, 9.17) is 17.0 Å². The van der Waals surface area contributed by atoms with Crippen LogP contribution < -0.4 is 15.4 Å². The first-order valence-electron chi connectivity index (χ1n) is 10.9. The van der Waals surface area contributed by atoms with Crippen molar-refractivity contribution in [3.05, 3.63) is 54.1 Å². The Labute approximate surface area is 205 Å². The van der Waals surface area contributed by atoms with Gasteiger partial charge in [-0.05, 0) is 36.5 Å². The summed E-state index contributed by atoms with van der Waals surface area (Å²) in [5, 5.41) is 6.68. The van der Waals surface area contributed by atoms with Crippen molar-refractivity contribution in [2.45, 2.75) is 6.04 Å². The van der Waals surface area contributed by atoms with Crippen molar-refractivity contribution >= 4 is 57.6 Å². The van der Waals surface area contributed by atoms with Crippen LogP contribution in [0.1, 0.15) is 11.6 Å². The predicted octanol–water partition coefficient (Wildman–Crippen LogP) is 2.55. The molecule has 1 unspecified atom stereocenters. The van der Waals surface area contributed by atoms with E-state index in [0.29, 0.717) is 35.4 Å². The number of carbonyl (C=O) groups excluding carboxylic acids is 1. The second kappa shape index (κ2) is 9.59. The molecule has 176 valence electrons. The number of carbonyl (C=O) groups is 1. The minimum atomic E-state index is -0.597. The van der Waals surface area contributed by atoms with Gasteiger partial charge < -0.3 is 19.9 Å². The summed E-state index contributed by atoms with van der Waals surface area (Å²) < 4.78 is 22.1. The van der Waals surface area contributed by atoms with Gasteiger partial charge in [-0.15, -0.1) is 0 Å². The number of rotatable bonds is 5. The summed E-state index contributed by atoms with van der Waals surface area (Å²) >= 11 is 7.25. The highest BCUT2D eigenvalue weighted by Gasteiger charge is 2.39. The molecule has 0 spiro atoms. The first-order valence-corrected chi connectivity index (χ1v) is 12.4. The van der Waals surface area contributed by atoms with Gasteiger partial charge in [0, 0.05) is 42.3 Å². The Bertz CT molecular complexity index is 1290. The molecular weight excluding hydrogens is 475 g/mol. The molecule has 2 aliphatic rings. The fraction of sp³-hybridized carbons (Fsp3) is 0.304. The molecule has 0 bridgehead atoms. The monoisotopic (exact) mass is 499 g/mol. The lowest BCUT2D eigenvalue weighted by molar-refractivity contribution is -0.433. The molecule has 1 atom stereocenters. The van der Waals surface area contributed by atoms with E-state index in [9.17, 15) is 4.79 Å². The quantitative estimate of drug-likeness (QED) is 0.368. The second-order valence-electron chi connectivity index (χ2n) is 7.99. The fourth-order valence-corrected chi connectivity index (χ4v) is 5.32. The number of ether oxygens (including phenoxy) is 1. The first-order chi connectivity index (χ1) is 16.5. The Kier molecular flexibility index (Phi) is 6.38. The SMILES string of the molecule is COc1ccc(C2NC(=S)NC2=[N+](CC(=O)N2CCSCC2)c2ccc3nc[nH]c3c2)c(F)c1. The van der Waals surface area contributed by atoms with Crippen molar-refractivity contribution in [3.63, 3.8) is 0 Å². The number of imidazole rings is 1. The Morgan fingerprint density at radius 2 is 2.12 bits per heavy atom. The van der Waals surface area contributed by atoms with E-state index in [2.05, 4.69) is 20.6 Å². The summed E-state index contributed by atoms with van der Waals surface area (Å²) in [6.07, 6.45) is 1.63. The molecule has 3 aromatic rings. The van der Waals surface area contributed by atoms with Crippen molar-refractivity contribution in [1.82, 2.24) is 25.5 Å². The number of amidine groups is 1. The molecule has 0 aliphatic carbocycles. The summed E-state index contributed by atoms with van der Waals surface area (Å²) in [4.78, 5) is 22.6. The van der Waals surface area contributed by atoms with Gasteiger partial charge in [-0.3, -0.25) is 4.79 Å². The van der Waals surface area contributed by atoms with Crippen molar-refractivity contribution < 1.29 is 18.5 Å². The number of thioether (sulfide) groups is 1. The molecule has 34 heavy (non-hydrogen) atoms. The Morgan fingerprint density at radius 3 is 2.88 bits per heavy atom. The van der Waals surface area contributed by atoms with Crippen LogP contribution in [0, 0.1) is 5.82 Å². The van der Waals surface area contributed by atoms with Gasteiger partial charge in [0.2, 0.25) is 0 Å². The van der Waals surface area contributed by atoms with Crippen molar-refractivity contribution in [3.8, 4) is 5.75 Å². The maximum Gasteiger partial charge on any atom is 0.285 e. The van der Waals surface area contributed by atoms with Gasteiger partial charge in [-0.25, -0.2) is 19.3 Å². The molecule has 1 aromatic heterocycles. The number of thiocarbonyl (C=S) groups is 1. The second-order valence-corrected chi connectivity index (χ2v) is 9.62. The van der Waals surface area contributed by atoms with Gasteiger partial charge >= 0.3 is 0 Å². The van der Waals surface area contributed by atoms with E-state index in [0.717, 1.165) is 28.2 Å². The van der Waals surface area contributed by atoms with Crippen LogP contribution in [0.5, 0.6) is 5.75 Å². The van der Waals surface area contributed by atoms with E-state index in [1.54, 1.807) is 18.5 Å². The number of fused-ring (bicyclic) bond motifs is 1. The average molecular weight is 500 g/mol. The number of hydrogen-bond donors (Lipinski definition) is 3. The number of halogens is 1. The molecule has 3 N–H and O–H groups in total. The molecule has 0 radical (unpaired) electrons. The summed E-state index contributed by atoms with van der Waals surface area (Å²) in [6.45, 7) is 1.52. The summed E-state index contributed by atoms with van der Waals surface area (Å²) in [5.74, 6) is 2.44. The van der Waals surface area contributed by atoms with Crippen molar-refractivity contribution in [1.29, 1.82) is 0 Å². The van der Waals surface area contributed by atoms with E-state index < -0.39 is 11.9 Å². The Morgan fingerprint density at radius 1 is 1.29 bits per heavy atom. The van der Waals surface area contributed by atoms with Gasteiger partial charge in [-0.2, -0.15) is 11.8 Å². The van der Waals surface area contributed by atoms with Crippen LogP contribution in [0.25, 0.3) is 11.0 Å². The fourth-order valence-electron chi connectivity index (χ4n) is 4.20. The van der Waals surface area contributed by atoms with Crippen molar-refractivity contribution in [2.75, 3.05) is 38.2 Å². The van der Waals surface area contributed by atoms with Gasteiger partial charge in [0.15, 0.2) is 12.6 Å². The van der Waals surface area contributed by atoms with Crippen LogP contribution in [0.4, 0.5) is 10.1 Å². The average Bonchev–Trinajstić information content (AvgIpc) is 3.48. The molecule has 2 saturated heterocycles. The lowest BCUT2D eigenvalue weighted by Crippen LogP contribution is -2.43. The summed E-state index contributed by atoms with van der Waals surface area (Å²) in [7, 11) is 1.49. The topological polar surface area (TPSA) is 85.3 Å². The number of methoxy groups -OCH3 is 1. The highest BCUT2D eigenvalue weighted by molar-refractivity contribution is 7.99. The number of aromatic nitrogens is 2. The molecule has 1 amide bonds. The highest BCUT2D eigenvalue weighted by Crippen LogP contribution is 2.27. The number of hydrogen-bond acceptors (Lipinski definition) is 5. The van der Waals surface area contributed by atoms with Crippen LogP contribution in [0.3, 0.4) is 0 Å². The number of amides is 1. The number of nitrogens with one attached hydrogen (secondary N) is 3. The predicted molar refractivity (Wildman–Crippen MR) is 134 cm³/mol. The lowest BCUT2D eigenvalue weighted by atomic mass is 10.1.